The molecule has 2 unspecified atom stereocenters. The fourth-order valence-electron chi connectivity index (χ4n) is 2.96. The molecule has 0 radical (unpaired) electrons. The number of hydrogen-bond acceptors (Lipinski definition) is 3. The number of nitrogens with one attached hydrogen (secondary N) is 1. The second-order valence-electron chi connectivity index (χ2n) is 7.69. The fourth-order valence-corrected chi connectivity index (χ4v) is 2.96. The van der Waals surface area contributed by atoms with Crippen LogP contribution in [0.1, 0.15) is 57.7 Å². The Labute approximate surface area is 156 Å². The van der Waals surface area contributed by atoms with Crippen molar-refractivity contribution in [2.75, 3.05) is 6.54 Å². The molecule has 8 heteroatoms. The zero-order valence-corrected chi connectivity index (χ0v) is 15.9. The first-order chi connectivity index (χ1) is 12.4. The summed E-state index contributed by atoms with van der Waals surface area (Å²) in [6.45, 7) is 7.24. The van der Waals surface area contributed by atoms with Gasteiger partial charge in [0.15, 0.2) is 0 Å². The number of ether oxygens (including phenoxy) is 1. The molecule has 1 heterocycles. The first kappa shape index (κ1) is 21.1. The van der Waals surface area contributed by atoms with Crippen molar-refractivity contribution in [3.8, 4) is 0 Å². The normalized spacial score (nSPS) is 18.9. The molecule has 5 nitrogen and oxygen atoms in total. The number of likely N-dealkylation sites (tertiary alicyclic amines) is 1. The largest absolute Gasteiger partial charge is 0.444 e. The average molecular weight is 386 g/mol. The van der Waals surface area contributed by atoms with E-state index in [4.69, 9.17) is 4.74 Å². The summed E-state index contributed by atoms with van der Waals surface area (Å²) in [5, 5.41) is 2.71. The van der Waals surface area contributed by atoms with Crippen LogP contribution in [0.2, 0.25) is 0 Å². The minimum absolute atomic E-state index is 0.347. The van der Waals surface area contributed by atoms with Crippen LogP contribution in [0.25, 0.3) is 0 Å². The number of alkyl halides is 3. The maximum absolute atomic E-state index is 12.9. The summed E-state index contributed by atoms with van der Waals surface area (Å²) in [6.07, 6.45) is -3.86. The Kier molecular flexibility index (Phi) is 6.07. The van der Waals surface area contributed by atoms with E-state index >= 15 is 0 Å². The van der Waals surface area contributed by atoms with Crippen LogP contribution < -0.4 is 5.32 Å². The van der Waals surface area contributed by atoms with E-state index in [0.717, 1.165) is 12.1 Å². The number of halogens is 3. The molecule has 1 aromatic rings. The topological polar surface area (TPSA) is 58.6 Å². The first-order valence-electron chi connectivity index (χ1n) is 8.85. The van der Waals surface area contributed by atoms with E-state index in [-0.39, 0.29) is 0 Å². The molecule has 1 saturated heterocycles. The molecule has 1 aromatic carbocycles. The maximum atomic E-state index is 12.9. The average Bonchev–Trinajstić information content (AvgIpc) is 3.02. The van der Waals surface area contributed by atoms with E-state index < -0.39 is 41.4 Å². The Hall–Kier alpha value is -2.25. The number of carbonyl (C=O) groups excluding carboxylic acids is 2. The van der Waals surface area contributed by atoms with Crippen LogP contribution in [0.3, 0.4) is 0 Å². The predicted octanol–water partition coefficient (Wildman–Crippen LogP) is 4.28. The minimum atomic E-state index is -4.45. The molecule has 150 valence electrons. The van der Waals surface area contributed by atoms with Crippen molar-refractivity contribution < 1.29 is 27.5 Å². The third-order valence-electron chi connectivity index (χ3n) is 4.26. The van der Waals surface area contributed by atoms with E-state index in [9.17, 15) is 22.8 Å². The fraction of sp³-hybridized carbons (Fsp3) is 0.579. The molecule has 2 atom stereocenters. The zero-order valence-electron chi connectivity index (χ0n) is 15.9. The van der Waals surface area contributed by atoms with Gasteiger partial charge >= 0.3 is 12.3 Å². The van der Waals surface area contributed by atoms with Gasteiger partial charge in [-0.3, -0.25) is 9.69 Å². The van der Waals surface area contributed by atoms with Gasteiger partial charge in [0, 0.05) is 6.54 Å². The van der Waals surface area contributed by atoms with Gasteiger partial charge in [-0.2, -0.15) is 13.2 Å². The summed E-state index contributed by atoms with van der Waals surface area (Å²) in [5.41, 5.74) is -1.09. The molecule has 0 saturated carbocycles. The molecule has 27 heavy (non-hydrogen) atoms. The minimum Gasteiger partial charge on any atom is -0.444 e. The van der Waals surface area contributed by atoms with Crippen LogP contribution in [-0.4, -0.2) is 35.1 Å². The highest BCUT2D eigenvalue weighted by molar-refractivity contribution is 5.86. The van der Waals surface area contributed by atoms with Crippen LogP contribution in [-0.2, 0) is 15.7 Å². The van der Waals surface area contributed by atoms with Gasteiger partial charge in [-0.15, -0.1) is 0 Å². The lowest BCUT2D eigenvalue weighted by atomic mass is 10.0. The molecular formula is C19H25F3N2O3. The summed E-state index contributed by atoms with van der Waals surface area (Å²) in [5.74, 6) is -0.400. The van der Waals surface area contributed by atoms with Gasteiger partial charge in [0.2, 0.25) is 5.91 Å². The zero-order chi connectivity index (χ0) is 20.4. The van der Waals surface area contributed by atoms with Crippen LogP contribution >= 0.6 is 0 Å². The Morgan fingerprint density at radius 3 is 2.52 bits per heavy atom. The third kappa shape index (κ3) is 5.61. The van der Waals surface area contributed by atoms with E-state index in [1.807, 2.05) is 0 Å². The lowest BCUT2D eigenvalue weighted by molar-refractivity contribution is -0.137. The van der Waals surface area contributed by atoms with Crippen LogP contribution in [0.15, 0.2) is 24.3 Å². The highest BCUT2D eigenvalue weighted by Crippen LogP contribution is 2.31. The highest BCUT2D eigenvalue weighted by atomic mass is 19.4. The van der Waals surface area contributed by atoms with Crippen molar-refractivity contribution in [2.24, 2.45) is 0 Å². The van der Waals surface area contributed by atoms with E-state index in [2.05, 4.69) is 5.32 Å². The molecule has 1 fully saturated rings. The van der Waals surface area contributed by atoms with Crippen molar-refractivity contribution in [1.82, 2.24) is 10.2 Å². The predicted molar refractivity (Wildman–Crippen MR) is 94.0 cm³/mol. The summed E-state index contributed by atoms with van der Waals surface area (Å²) in [6, 6.07) is 3.53. The Morgan fingerprint density at radius 2 is 1.93 bits per heavy atom. The summed E-state index contributed by atoms with van der Waals surface area (Å²) < 4.78 is 43.9. The quantitative estimate of drug-likeness (QED) is 0.843. The molecule has 2 rings (SSSR count). The molecule has 0 aliphatic carbocycles. The van der Waals surface area contributed by atoms with Gasteiger partial charge in [-0.1, -0.05) is 12.1 Å². The van der Waals surface area contributed by atoms with Gasteiger partial charge in [0.05, 0.1) is 11.6 Å². The molecule has 1 aliphatic rings. The molecular weight excluding hydrogens is 361 g/mol. The second kappa shape index (κ2) is 7.78. The highest BCUT2D eigenvalue weighted by Gasteiger charge is 2.37. The second-order valence-corrected chi connectivity index (χ2v) is 7.69. The number of hydrogen-bond donors (Lipinski definition) is 1. The lowest BCUT2D eigenvalue weighted by Crippen LogP contribution is -2.48. The van der Waals surface area contributed by atoms with Crippen LogP contribution in [0.4, 0.5) is 18.0 Å². The number of nitrogens with zero attached hydrogens (tertiary/aromatic N) is 1. The third-order valence-corrected chi connectivity index (χ3v) is 4.26. The number of rotatable bonds is 3. The molecule has 0 spiro atoms. The van der Waals surface area contributed by atoms with E-state index in [0.29, 0.717) is 24.9 Å². The number of carbonyl (C=O) groups is 2. The van der Waals surface area contributed by atoms with Crippen molar-refractivity contribution in [2.45, 2.75) is 64.4 Å². The van der Waals surface area contributed by atoms with E-state index in [1.165, 1.54) is 17.0 Å². The van der Waals surface area contributed by atoms with Gasteiger partial charge in [-0.25, -0.2) is 4.79 Å². The molecule has 2 amide bonds. The SMILES string of the molecule is CC(NC(=O)C1CCCN1C(=O)OC(C)(C)C)c1cccc(C(F)(F)F)c1. The van der Waals surface area contributed by atoms with Crippen molar-refractivity contribution in [1.29, 1.82) is 0 Å². The molecule has 0 bridgehead atoms. The standard InChI is InChI=1S/C19H25F3N2O3/c1-12(13-7-5-8-14(11-13)19(20,21)22)23-16(25)15-9-6-10-24(15)17(26)27-18(2,3)4/h5,7-8,11-12,15H,6,9-10H2,1-4H3,(H,23,25). The Morgan fingerprint density at radius 1 is 1.26 bits per heavy atom. The smallest absolute Gasteiger partial charge is 0.416 e. The van der Waals surface area contributed by atoms with Crippen molar-refractivity contribution >= 4 is 12.0 Å². The Bertz CT molecular complexity index is 698. The van der Waals surface area contributed by atoms with Crippen molar-refractivity contribution in [3.05, 3.63) is 35.4 Å². The molecule has 1 aliphatic heterocycles. The number of amides is 2. The van der Waals surface area contributed by atoms with Gasteiger partial charge in [0.1, 0.15) is 11.6 Å². The maximum Gasteiger partial charge on any atom is 0.416 e. The van der Waals surface area contributed by atoms with Gasteiger partial charge in [0.25, 0.3) is 0 Å². The summed E-state index contributed by atoms with van der Waals surface area (Å²) in [7, 11) is 0. The summed E-state index contributed by atoms with van der Waals surface area (Å²) >= 11 is 0. The number of benzene rings is 1. The van der Waals surface area contributed by atoms with Crippen molar-refractivity contribution in [3.63, 3.8) is 0 Å². The first-order valence-corrected chi connectivity index (χ1v) is 8.85. The molecule has 0 aromatic heterocycles. The lowest BCUT2D eigenvalue weighted by Gasteiger charge is -2.28. The Balaban J connectivity index is 2.06. The molecule has 1 N–H and O–H groups in total. The monoisotopic (exact) mass is 386 g/mol. The summed E-state index contributed by atoms with van der Waals surface area (Å²) in [4.78, 5) is 26.3. The van der Waals surface area contributed by atoms with Crippen LogP contribution in [0.5, 0.6) is 0 Å². The van der Waals surface area contributed by atoms with Gasteiger partial charge < -0.3 is 10.1 Å². The van der Waals surface area contributed by atoms with E-state index in [1.54, 1.807) is 27.7 Å². The van der Waals surface area contributed by atoms with Gasteiger partial charge in [-0.05, 0) is 58.2 Å². The van der Waals surface area contributed by atoms with Crippen LogP contribution in [0, 0.1) is 0 Å².